The number of aromatic nitrogens is 1. The summed E-state index contributed by atoms with van der Waals surface area (Å²) in [6.07, 6.45) is 1.71. The van der Waals surface area contributed by atoms with E-state index in [2.05, 4.69) is 20.8 Å². The lowest BCUT2D eigenvalue weighted by atomic mass is 9.93. The average molecular weight is 665 g/mol. The molecule has 0 N–H and O–H groups in total. The maximum Gasteiger partial charge on any atom is 0.338 e. The van der Waals surface area contributed by atoms with E-state index in [1.807, 2.05) is 42.5 Å². The molecule has 0 radical (unpaired) electrons. The van der Waals surface area contributed by atoms with E-state index in [9.17, 15) is 9.59 Å². The van der Waals surface area contributed by atoms with Crippen molar-refractivity contribution in [3.63, 3.8) is 0 Å². The molecule has 1 atom stereocenters. The van der Waals surface area contributed by atoms with Crippen LogP contribution >= 0.6 is 27.3 Å². The van der Waals surface area contributed by atoms with Crippen LogP contribution in [0.15, 0.2) is 78.8 Å². The molecular formula is C31H26BrN3O7S. The van der Waals surface area contributed by atoms with Crippen LogP contribution in [0.5, 0.6) is 11.5 Å². The number of carbonyl (C=O) groups excluding carboxylic acids is 1. The van der Waals surface area contributed by atoms with Crippen LogP contribution in [-0.2, 0) is 14.3 Å². The van der Waals surface area contributed by atoms with Crippen molar-refractivity contribution in [1.82, 2.24) is 4.57 Å². The van der Waals surface area contributed by atoms with Gasteiger partial charge in [-0.2, -0.15) is 0 Å². The van der Waals surface area contributed by atoms with Crippen molar-refractivity contribution in [3.8, 4) is 11.5 Å². The van der Waals surface area contributed by atoms with Crippen LogP contribution in [0.1, 0.15) is 29.9 Å². The molecule has 0 saturated carbocycles. The normalized spacial score (nSPS) is 18.0. The van der Waals surface area contributed by atoms with Crippen molar-refractivity contribution >= 4 is 50.9 Å². The minimum Gasteiger partial charge on any atom is -0.463 e. The third-order valence-corrected chi connectivity index (χ3v) is 8.90. The molecule has 1 saturated heterocycles. The molecule has 12 heteroatoms. The van der Waals surface area contributed by atoms with Gasteiger partial charge in [-0.05, 0) is 40.5 Å². The van der Waals surface area contributed by atoms with E-state index >= 15 is 0 Å². The number of morpholine rings is 1. The maximum atomic E-state index is 14.2. The lowest BCUT2D eigenvalue weighted by Crippen LogP contribution is -2.40. The van der Waals surface area contributed by atoms with Crippen LogP contribution in [0.2, 0.25) is 0 Å². The zero-order chi connectivity index (χ0) is 29.5. The van der Waals surface area contributed by atoms with E-state index in [1.54, 1.807) is 29.7 Å². The number of furan rings is 1. The zero-order valence-corrected chi connectivity index (χ0v) is 25.5. The van der Waals surface area contributed by atoms with Gasteiger partial charge in [0.25, 0.3) is 5.56 Å². The van der Waals surface area contributed by atoms with Crippen molar-refractivity contribution in [1.29, 1.82) is 0 Å². The van der Waals surface area contributed by atoms with E-state index in [4.69, 9.17) is 28.4 Å². The van der Waals surface area contributed by atoms with E-state index in [1.165, 1.54) is 11.3 Å². The first kappa shape index (κ1) is 27.7. The Morgan fingerprint density at radius 2 is 1.91 bits per heavy atom. The zero-order valence-electron chi connectivity index (χ0n) is 23.1. The smallest absolute Gasteiger partial charge is 0.338 e. The summed E-state index contributed by atoms with van der Waals surface area (Å²) in [5, 5.41) is 0. The second kappa shape index (κ2) is 11.5. The highest BCUT2D eigenvalue weighted by molar-refractivity contribution is 9.10. The third kappa shape index (κ3) is 5.09. The highest BCUT2D eigenvalue weighted by Gasteiger charge is 2.36. The first-order chi connectivity index (χ1) is 21.0. The van der Waals surface area contributed by atoms with E-state index in [-0.39, 0.29) is 24.5 Å². The summed E-state index contributed by atoms with van der Waals surface area (Å²) in [6.45, 7) is 4.67. The Morgan fingerprint density at radius 1 is 1.12 bits per heavy atom. The lowest BCUT2D eigenvalue weighted by Gasteiger charge is -2.26. The molecule has 3 aliphatic rings. The molecule has 220 valence electrons. The molecule has 4 aromatic rings. The number of thiazole rings is 1. The fourth-order valence-corrected chi connectivity index (χ4v) is 6.94. The Bertz CT molecular complexity index is 1920. The number of benzene rings is 2. The molecule has 5 heterocycles. The van der Waals surface area contributed by atoms with Crippen molar-refractivity contribution < 1.29 is 28.2 Å². The predicted molar refractivity (Wildman–Crippen MR) is 163 cm³/mol. The third-order valence-electron chi connectivity index (χ3n) is 7.35. The molecule has 2 aromatic heterocycles. The fraction of sp³-hybridized carbons (Fsp3) is 0.258. The highest BCUT2D eigenvalue weighted by Crippen LogP contribution is 2.40. The van der Waals surface area contributed by atoms with Gasteiger partial charge in [-0.25, -0.2) is 9.79 Å². The summed E-state index contributed by atoms with van der Waals surface area (Å²) < 4.78 is 31.1. The number of hydrogen-bond donors (Lipinski definition) is 0. The number of esters is 1. The number of ether oxygens (including phenoxy) is 4. The van der Waals surface area contributed by atoms with Gasteiger partial charge in [-0.1, -0.05) is 47.7 Å². The van der Waals surface area contributed by atoms with Crippen LogP contribution in [0.4, 0.5) is 5.88 Å². The number of rotatable bonds is 6. The number of halogens is 1. The minimum atomic E-state index is -0.825. The molecule has 2 aromatic carbocycles. The van der Waals surface area contributed by atoms with Gasteiger partial charge >= 0.3 is 5.97 Å². The quantitative estimate of drug-likeness (QED) is 0.287. The summed E-state index contributed by atoms with van der Waals surface area (Å²) in [5.74, 6) is 1.80. The lowest BCUT2D eigenvalue weighted by molar-refractivity contribution is -0.138. The van der Waals surface area contributed by atoms with Gasteiger partial charge < -0.3 is 28.3 Å². The monoisotopic (exact) mass is 663 g/mol. The van der Waals surface area contributed by atoms with Gasteiger partial charge in [0.2, 0.25) is 12.7 Å². The number of anilines is 1. The van der Waals surface area contributed by atoms with Crippen LogP contribution in [0.3, 0.4) is 0 Å². The molecule has 7 rings (SSSR count). The van der Waals surface area contributed by atoms with Gasteiger partial charge in [-0.15, -0.1) is 0 Å². The molecule has 10 nitrogen and oxygen atoms in total. The van der Waals surface area contributed by atoms with Gasteiger partial charge in [-0.3, -0.25) is 9.36 Å². The average Bonchev–Trinajstić information content (AvgIpc) is 3.74. The Hall–Kier alpha value is -4.13. The second-order valence-electron chi connectivity index (χ2n) is 9.95. The highest BCUT2D eigenvalue weighted by atomic mass is 79.9. The molecule has 1 fully saturated rings. The fourth-order valence-electron chi connectivity index (χ4n) is 5.40. The molecule has 0 bridgehead atoms. The van der Waals surface area contributed by atoms with Crippen LogP contribution in [-0.4, -0.2) is 50.2 Å². The summed E-state index contributed by atoms with van der Waals surface area (Å²) in [7, 11) is 0. The SMILES string of the molecule is CCOC(=O)C1=C(c2ccccc2)N=c2sc(=Cc3cc(Br)c(N4CCOCC4)o3)c(=O)n2[C@@H]1c1ccc2c(c1)OCO2. The van der Waals surface area contributed by atoms with Crippen LogP contribution < -0.4 is 29.3 Å². The predicted octanol–water partition coefficient (Wildman–Crippen LogP) is 3.86. The summed E-state index contributed by atoms with van der Waals surface area (Å²) in [4.78, 5) is 35.3. The Morgan fingerprint density at radius 3 is 2.70 bits per heavy atom. The van der Waals surface area contributed by atoms with Gasteiger partial charge in [0.15, 0.2) is 16.3 Å². The van der Waals surface area contributed by atoms with Crippen molar-refractivity contribution in [2.24, 2.45) is 4.99 Å². The summed E-state index contributed by atoms with van der Waals surface area (Å²) >= 11 is 4.84. The van der Waals surface area contributed by atoms with Crippen LogP contribution in [0, 0.1) is 0 Å². The molecule has 0 unspecified atom stereocenters. The molecule has 0 aliphatic carbocycles. The number of nitrogens with zero attached hydrogens (tertiary/aromatic N) is 3. The standard InChI is InChI=1S/C31H26BrN3O7S/c1-2-39-30(37)25-26(18-6-4-3-5-7-18)33-31-35(27(25)19-8-9-22-23(14-19)41-17-40-22)28(36)24(43-31)16-20-15-21(32)29(42-20)34-10-12-38-13-11-34/h3-9,14-16,27H,2,10-13,17H2,1H3/t27-/m1/s1. The van der Waals surface area contributed by atoms with E-state index in [0.29, 0.717) is 70.0 Å². The second-order valence-corrected chi connectivity index (χ2v) is 11.8. The van der Waals surface area contributed by atoms with Crippen molar-refractivity contribution in [2.45, 2.75) is 13.0 Å². The topological polar surface area (TPSA) is 105 Å². The summed E-state index contributed by atoms with van der Waals surface area (Å²) in [5.41, 5.74) is 1.81. The Balaban J connectivity index is 1.43. The molecule has 43 heavy (non-hydrogen) atoms. The number of hydrogen-bond acceptors (Lipinski definition) is 10. The number of fused-ring (bicyclic) bond motifs is 2. The van der Waals surface area contributed by atoms with E-state index in [0.717, 1.165) is 10.0 Å². The largest absolute Gasteiger partial charge is 0.463 e. The first-order valence-electron chi connectivity index (χ1n) is 13.8. The molecular weight excluding hydrogens is 638 g/mol. The molecule has 0 amide bonds. The molecule has 0 spiro atoms. The van der Waals surface area contributed by atoms with Gasteiger partial charge in [0, 0.05) is 30.8 Å². The minimum absolute atomic E-state index is 0.0997. The van der Waals surface area contributed by atoms with Gasteiger partial charge in [0.05, 0.1) is 46.1 Å². The van der Waals surface area contributed by atoms with Crippen molar-refractivity contribution in [2.75, 3.05) is 44.6 Å². The first-order valence-corrected chi connectivity index (χ1v) is 15.4. The maximum absolute atomic E-state index is 14.2. The van der Waals surface area contributed by atoms with Crippen molar-refractivity contribution in [3.05, 3.63) is 101 Å². The van der Waals surface area contributed by atoms with Crippen LogP contribution in [0.25, 0.3) is 11.8 Å². The van der Waals surface area contributed by atoms with Gasteiger partial charge in [0.1, 0.15) is 5.76 Å². The number of carbonyl (C=O) groups is 1. The summed E-state index contributed by atoms with van der Waals surface area (Å²) in [6, 6.07) is 15.9. The van der Waals surface area contributed by atoms with E-state index < -0.39 is 12.0 Å². The Kier molecular flexibility index (Phi) is 7.41. The Labute approximate surface area is 258 Å². The molecule has 3 aliphatic heterocycles.